The first-order chi connectivity index (χ1) is 5.49. The molecule has 0 aromatic heterocycles. The van der Waals surface area contributed by atoms with Gasteiger partial charge in [0.25, 0.3) is 0 Å². The van der Waals surface area contributed by atoms with Crippen molar-refractivity contribution >= 4 is 0 Å². The quantitative estimate of drug-likeness (QED) is 0.628. The summed E-state index contributed by atoms with van der Waals surface area (Å²) < 4.78 is 0. The number of nitrogens with one attached hydrogen (secondary N) is 1. The summed E-state index contributed by atoms with van der Waals surface area (Å²) in [7, 11) is 0. The second-order valence-corrected chi connectivity index (χ2v) is 4.95. The summed E-state index contributed by atoms with van der Waals surface area (Å²) in [5.41, 5.74) is 6.23. The van der Waals surface area contributed by atoms with Crippen molar-refractivity contribution in [2.45, 2.75) is 64.1 Å². The van der Waals surface area contributed by atoms with Crippen molar-refractivity contribution in [2.24, 2.45) is 5.73 Å². The van der Waals surface area contributed by atoms with Crippen molar-refractivity contribution in [3.05, 3.63) is 0 Å². The second-order valence-electron chi connectivity index (χ2n) is 4.95. The van der Waals surface area contributed by atoms with Crippen LogP contribution >= 0.6 is 0 Å². The summed E-state index contributed by atoms with van der Waals surface area (Å²) in [6.07, 6.45) is 5.08. The second kappa shape index (κ2) is 3.75. The van der Waals surface area contributed by atoms with E-state index in [4.69, 9.17) is 5.73 Å². The van der Waals surface area contributed by atoms with Gasteiger partial charge in [-0.1, -0.05) is 12.8 Å². The van der Waals surface area contributed by atoms with Gasteiger partial charge in [0.1, 0.15) is 0 Å². The Kier molecular flexibility index (Phi) is 3.13. The van der Waals surface area contributed by atoms with Gasteiger partial charge in [0.05, 0.1) is 0 Å². The van der Waals surface area contributed by atoms with Gasteiger partial charge in [0, 0.05) is 17.6 Å². The van der Waals surface area contributed by atoms with E-state index in [1.807, 2.05) is 0 Å². The highest BCUT2D eigenvalue weighted by Crippen LogP contribution is 2.18. The molecule has 12 heavy (non-hydrogen) atoms. The van der Waals surface area contributed by atoms with E-state index in [2.05, 4.69) is 26.1 Å². The molecule has 0 heterocycles. The zero-order valence-electron chi connectivity index (χ0n) is 8.56. The van der Waals surface area contributed by atoms with E-state index in [1.54, 1.807) is 0 Å². The molecule has 2 nitrogen and oxygen atoms in total. The number of hydrogen-bond acceptors (Lipinski definition) is 2. The molecule has 0 radical (unpaired) electrons. The Morgan fingerprint density at radius 2 is 1.75 bits per heavy atom. The fraction of sp³-hybridized carbons (Fsp3) is 1.00. The molecule has 2 unspecified atom stereocenters. The van der Waals surface area contributed by atoms with Crippen LogP contribution in [0.25, 0.3) is 0 Å². The Morgan fingerprint density at radius 1 is 1.17 bits per heavy atom. The van der Waals surface area contributed by atoms with Gasteiger partial charge in [-0.25, -0.2) is 0 Å². The molecule has 1 aliphatic rings. The Morgan fingerprint density at radius 3 is 2.25 bits per heavy atom. The highest BCUT2D eigenvalue weighted by atomic mass is 15.0. The predicted octanol–water partition coefficient (Wildman–Crippen LogP) is 1.64. The minimum Gasteiger partial charge on any atom is -0.326 e. The fourth-order valence-corrected chi connectivity index (χ4v) is 1.89. The molecule has 1 fully saturated rings. The molecular weight excluding hydrogens is 148 g/mol. The van der Waals surface area contributed by atoms with Gasteiger partial charge in [0.2, 0.25) is 0 Å². The first-order valence-electron chi connectivity index (χ1n) is 5.02. The number of hydrogen-bond donors (Lipinski definition) is 2. The van der Waals surface area contributed by atoms with Gasteiger partial charge in [-0.3, -0.25) is 0 Å². The van der Waals surface area contributed by atoms with Crippen molar-refractivity contribution in [2.75, 3.05) is 0 Å². The molecule has 0 saturated heterocycles. The zero-order chi connectivity index (χ0) is 9.19. The van der Waals surface area contributed by atoms with E-state index in [0.29, 0.717) is 12.1 Å². The van der Waals surface area contributed by atoms with Gasteiger partial charge >= 0.3 is 0 Å². The minimum absolute atomic E-state index is 0.208. The molecule has 1 saturated carbocycles. The molecule has 2 heteroatoms. The normalized spacial score (nSPS) is 32.0. The first-order valence-corrected chi connectivity index (χ1v) is 5.02. The third kappa shape index (κ3) is 3.11. The average Bonchev–Trinajstić information content (AvgIpc) is 1.91. The largest absolute Gasteiger partial charge is 0.326 e. The monoisotopic (exact) mass is 170 g/mol. The maximum absolute atomic E-state index is 6.02. The molecular formula is C10H22N2. The Balaban J connectivity index is 2.39. The summed E-state index contributed by atoms with van der Waals surface area (Å²) in [5.74, 6) is 0. The number of nitrogens with two attached hydrogens (primary N) is 1. The minimum atomic E-state index is 0.208. The molecule has 0 aromatic carbocycles. The third-order valence-electron chi connectivity index (χ3n) is 2.44. The van der Waals surface area contributed by atoms with Crippen molar-refractivity contribution < 1.29 is 0 Å². The number of rotatable bonds is 1. The highest BCUT2D eigenvalue weighted by molar-refractivity contribution is 4.87. The van der Waals surface area contributed by atoms with Crippen LogP contribution in [0.3, 0.4) is 0 Å². The van der Waals surface area contributed by atoms with E-state index in [-0.39, 0.29) is 5.54 Å². The Bertz CT molecular complexity index is 137. The molecule has 0 aromatic rings. The van der Waals surface area contributed by atoms with Crippen LogP contribution in [-0.4, -0.2) is 17.6 Å². The summed E-state index contributed by atoms with van der Waals surface area (Å²) in [6.45, 7) is 6.61. The van der Waals surface area contributed by atoms with E-state index >= 15 is 0 Å². The standard InChI is InChI=1S/C10H22N2/c1-10(2,3)12-9-7-5-4-6-8(9)11/h8-9,12H,4-7,11H2,1-3H3. The molecule has 2 atom stereocenters. The van der Waals surface area contributed by atoms with Crippen LogP contribution in [0.15, 0.2) is 0 Å². The lowest BCUT2D eigenvalue weighted by atomic mass is 9.89. The van der Waals surface area contributed by atoms with Crippen LogP contribution in [0.5, 0.6) is 0 Å². The highest BCUT2D eigenvalue weighted by Gasteiger charge is 2.24. The van der Waals surface area contributed by atoms with Crippen LogP contribution in [0, 0.1) is 0 Å². The molecule has 1 aliphatic carbocycles. The Labute approximate surface area is 75.9 Å². The van der Waals surface area contributed by atoms with Crippen LogP contribution < -0.4 is 11.1 Å². The first kappa shape index (κ1) is 10.0. The van der Waals surface area contributed by atoms with Gasteiger partial charge in [0.15, 0.2) is 0 Å². The topological polar surface area (TPSA) is 38.0 Å². The maximum Gasteiger partial charge on any atom is 0.0223 e. The molecule has 0 amide bonds. The van der Waals surface area contributed by atoms with Crippen LogP contribution in [-0.2, 0) is 0 Å². The molecule has 72 valence electrons. The third-order valence-corrected chi connectivity index (χ3v) is 2.44. The Hall–Kier alpha value is -0.0800. The van der Waals surface area contributed by atoms with Crippen molar-refractivity contribution in [1.82, 2.24) is 5.32 Å². The molecule has 1 rings (SSSR count). The molecule has 0 spiro atoms. The SMILES string of the molecule is CC(C)(C)NC1CCCCC1N. The molecule has 3 N–H and O–H groups in total. The molecule has 0 aliphatic heterocycles. The average molecular weight is 170 g/mol. The van der Waals surface area contributed by atoms with Crippen LogP contribution in [0.2, 0.25) is 0 Å². The van der Waals surface area contributed by atoms with Gasteiger partial charge < -0.3 is 11.1 Å². The fourth-order valence-electron chi connectivity index (χ4n) is 1.89. The van der Waals surface area contributed by atoms with Crippen molar-refractivity contribution in [3.63, 3.8) is 0 Å². The summed E-state index contributed by atoms with van der Waals surface area (Å²) in [6, 6.07) is 0.914. The van der Waals surface area contributed by atoms with Crippen LogP contribution in [0.1, 0.15) is 46.5 Å². The lowest BCUT2D eigenvalue weighted by Crippen LogP contribution is -2.53. The lowest BCUT2D eigenvalue weighted by Gasteiger charge is -2.35. The van der Waals surface area contributed by atoms with Gasteiger partial charge in [-0.2, -0.15) is 0 Å². The van der Waals surface area contributed by atoms with Crippen molar-refractivity contribution in [3.8, 4) is 0 Å². The van der Waals surface area contributed by atoms with Crippen LogP contribution in [0.4, 0.5) is 0 Å². The van der Waals surface area contributed by atoms with E-state index in [1.165, 1.54) is 25.7 Å². The zero-order valence-corrected chi connectivity index (χ0v) is 8.56. The smallest absolute Gasteiger partial charge is 0.0223 e. The summed E-state index contributed by atoms with van der Waals surface area (Å²) in [4.78, 5) is 0. The van der Waals surface area contributed by atoms with E-state index < -0.39 is 0 Å². The lowest BCUT2D eigenvalue weighted by molar-refractivity contribution is 0.266. The van der Waals surface area contributed by atoms with E-state index in [9.17, 15) is 0 Å². The predicted molar refractivity (Wildman–Crippen MR) is 53.1 cm³/mol. The van der Waals surface area contributed by atoms with Crippen molar-refractivity contribution in [1.29, 1.82) is 0 Å². The summed E-state index contributed by atoms with van der Waals surface area (Å²) in [5, 5.41) is 3.58. The maximum atomic E-state index is 6.02. The van der Waals surface area contributed by atoms with Gasteiger partial charge in [-0.05, 0) is 33.6 Å². The van der Waals surface area contributed by atoms with Gasteiger partial charge in [-0.15, -0.1) is 0 Å². The summed E-state index contributed by atoms with van der Waals surface area (Å²) >= 11 is 0. The molecule has 0 bridgehead atoms. The van der Waals surface area contributed by atoms with E-state index in [0.717, 1.165) is 0 Å².